The highest BCUT2D eigenvalue weighted by molar-refractivity contribution is 7.90. The van der Waals surface area contributed by atoms with E-state index in [9.17, 15) is 13.2 Å². The second kappa shape index (κ2) is 9.40. The molecule has 1 N–H and O–H groups in total. The van der Waals surface area contributed by atoms with Gasteiger partial charge in [0.05, 0.1) is 25.7 Å². The third kappa shape index (κ3) is 5.80. The van der Waals surface area contributed by atoms with E-state index in [0.29, 0.717) is 22.6 Å². The number of methoxy groups -OCH3 is 2. The van der Waals surface area contributed by atoms with Crippen LogP contribution in [0.1, 0.15) is 12.0 Å². The number of rotatable bonds is 9. The number of amides is 1. The first-order valence-electron chi connectivity index (χ1n) is 8.99. The minimum absolute atomic E-state index is 0.122. The molecule has 30 heavy (non-hydrogen) atoms. The summed E-state index contributed by atoms with van der Waals surface area (Å²) in [6.45, 7) is 0. The van der Waals surface area contributed by atoms with Gasteiger partial charge in [0, 0.05) is 18.1 Å². The topological polar surface area (TPSA) is 121 Å². The van der Waals surface area contributed by atoms with E-state index >= 15 is 0 Å². The van der Waals surface area contributed by atoms with Gasteiger partial charge in [-0.3, -0.25) is 10.1 Å². The number of hydrogen-bond acceptors (Lipinski definition) is 8. The summed E-state index contributed by atoms with van der Waals surface area (Å²) in [7, 11) is -0.395. The molecule has 9 nitrogen and oxygen atoms in total. The van der Waals surface area contributed by atoms with Crippen LogP contribution in [0, 0.1) is 0 Å². The standard InChI is InChI=1S/C20H21N3O6S/c1-27-16-10-15(11-17(12-16)28-2)19-22-23-20(29-19)21-18(24)8-9-30(25,26)13-14-6-4-3-5-7-14/h3-7,10-12H,8-9,13H2,1-2H3,(H,21,23,24). The molecule has 1 amide bonds. The van der Waals surface area contributed by atoms with Crippen molar-refractivity contribution in [3.05, 3.63) is 54.1 Å². The Morgan fingerprint density at radius 1 is 1.03 bits per heavy atom. The van der Waals surface area contributed by atoms with E-state index in [1.807, 2.05) is 6.07 Å². The van der Waals surface area contributed by atoms with Gasteiger partial charge in [0.15, 0.2) is 9.84 Å². The van der Waals surface area contributed by atoms with Crippen LogP contribution in [-0.2, 0) is 20.4 Å². The van der Waals surface area contributed by atoms with Crippen LogP contribution in [0.15, 0.2) is 52.9 Å². The van der Waals surface area contributed by atoms with Gasteiger partial charge in [-0.2, -0.15) is 0 Å². The molecule has 0 bridgehead atoms. The molecule has 0 saturated carbocycles. The number of sulfone groups is 1. The zero-order valence-corrected chi connectivity index (χ0v) is 17.3. The van der Waals surface area contributed by atoms with Crippen molar-refractivity contribution >= 4 is 21.8 Å². The van der Waals surface area contributed by atoms with E-state index in [0.717, 1.165) is 0 Å². The van der Waals surface area contributed by atoms with Crippen LogP contribution in [0.3, 0.4) is 0 Å². The molecule has 0 atom stereocenters. The number of aromatic nitrogens is 2. The van der Waals surface area contributed by atoms with Crippen LogP contribution in [-0.4, -0.2) is 44.5 Å². The SMILES string of the molecule is COc1cc(OC)cc(-c2nnc(NC(=O)CCS(=O)(=O)Cc3ccccc3)o2)c1. The molecule has 0 spiro atoms. The Hall–Kier alpha value is -3.40. The molecular formula is C20H21N3O6S. The number of ether oxygens (including phenoxy) is 2. The summed E-state index contributed by atoms with van der Waals surface area (Å²) in [4.78, 5) is 12.1. The molecule has 158 valence electrons. The lowest BCUT2D eigenvalue weighted by Crippen LogP contribution is -2.18. The molecule has 0 aliphatic carbocycles. The molecule has 3 aromatic rings. The first-order valence-corrected chi connectivity index (χ1v) is 10.8. The molecule has 0 saturated heterocycles. The van der Waals surface area contributed by atoms with Crippen molar-refractivity contribution in [3.63, 3.8) is 0 Å². The van der Waals surface area contributed by atoms with Gasteiger partial charge in [0.2, 0.25) is 11.8 Å². The average Bonchev–Trinajstić information content (AvgIpc) is 3.21. The first-order chi connectivity index (χ1) is 14.4. The summed E-state index contributed by atoms with van der Waals surface area (Å²) in [5.74, 6) is 0.281. The Kier molecular flexibility index (Phi) is 6.68. The minimum atomic E-state index is -3.43. The normalized spacial score (nSPS) is 11.1. The lowest BCUT2D eigenvalue weighted by atomic mass is 10.2. The van der Waals surface area contributed by atoms with Gasteiger partial charge < -0.3 is 13.9 Å². The monoisotopic (exact) mass is 431 g/mol. The summed E-state index contributed by atoms with van der Waals surface area (Å²) in [6, 6.07) is 13.7. The van der Waals surface area contributed by atoms with E-state index in [1.165, 1.54) is 14.2 Å². The molecule has 1 aromatic heterocycles. The fraction of sp³-hybridized carbons (Fsp3) is 0.250. The van der Waals surface area contributed by atoms with Crippen molar-refractivity contribution in [1.82, 2.24) is 10.2 Å². The van der Waals surface area contributed by atoms with Crippen molar-refractivity contribution in [2.75, 3.05) is 25.3 Å². The lowest BCUT2D eigenvalue weighted by molar-refractivity contribution is -0.115. The Labute approximate surface area is 174 Å². The number of carbonyl (C=O) groups excluding carboxylic acids is 1. The molecule has 2 aromatic carbocycles. The summed E-state index contributed by atoms with van der Waals surface area (Å²) < 4.78 is 40.3. The van der Waals surface area contributed by atoms with Gasteiger partial charge in [-0.05, 0) is 17.7 Å². The summed E-state index contributed by atoms with van der Waals surface area (Å²) in [5, 5.41) is 10.1. The summed E-state index contributed by atoms with van der Waals surface area (Å²) in [6.07, 6.45) is -0.222. The third-order valence-electron chi connectivity index (χ3n) is 4.14. The van der Waals surface area contributed by atoms with Crippen LogP contribution in [0.2, 0.25) is 0 Å². The number of benzene rings is 2. The smallest absolute Gasteiger partial charge is 0.322 e. The molecule has 0 radical (unpaired) electrons. The molecule has 0 aliphatic heterocycles. The number of nitrogens with one attached hydrogen (secondary N) is 1. The van der Waals surface area contributed by atoms with E-state index in [-0.39, 0.29) is 29.8 Å². The highest BCUT2D eigenvalue weighted by Gasteiger charge is 2.17. The zero-order valence-electron chi connectivity index (χ0n) is 16.5. The highest BCUT2D eigenvalue weighted by Crippen LogP contribution is 2.29. The predicted molar refractivity (Wildman–Crippen MR) is 110 cm³/mol. The molecule has 3 rings (SSSR count). The molecule has 0 unspecified atom stereocenters. The third-order valence-corrected chi connectivity index (χ3v) is 5.74. The van der Waals surface area contributed by atoms with E-state index in [1.54, 1.807) is 42.5 Å². The van der Waals surface area contributed by atoms with Crippen LogP contribution < -0.4 is 14.8 Å². The number of carbonyl (C=O) groups is 1. The molecular weight excluding hydrogens is 410 g/mol. The number of nitrogens with zero attached hydrogens (tertiary/aromatic N) is 2. The fourth-order valence-electron chi connectivity index (χ4n) is 2.65. The van der Waals surface area contributed by atoms with E-state index < -0.39 is 15.7 Å². The van der Waals surface area contributed by atoms with Gasteiger partial charge in [0.1, 0.15) is 11.5 Å². The van der Waals surface area contributed by atoms with E-state index in [4.69, 9.17) is 13.9 Å². The van der Waals surface area contributed by atoms with Gasteiger partial charge in [-0.25, -0.2) is 8.42 Å². The molecule has 1 heterocycles. The van der Waals surface area contributed by atoms with Crippen molar-refractivity contribution in [2.24, 2.45) is 0 Å². The van der Waals surface area contributed by atoms with Gasteiger partial charge in [0.25, 0.3) is 0 Å². The molecule has 10 heteroatoms. The maximum atomic E-state index is 12.2. The highest BCUT2D eigenvalue weighted by atomic mass is 32.2. The zero-order chi connectivity index (χ0) is 21.6. The van der Waals surface area contributed by atoms with Crippen LogP contribution in [0.5, 0.6) is 11.5 Å². The Morgan fingerprint density at radius 3 is 2.33 bits per heavy atom. The van der Waals surface area contributed by atoms with Crippen molar-refractivity contribution < 1.29 is 27.1 Å². The van der Waals surface area contributed by atoms with E-state index in [2.05, 4.69) is 15.5 Å². The predicted octanol–water partition coefficient (Wildman–Crippen LogP) is 2.70. The first kappa shape index (κ1) is 21.3. The Morgan fingerprint density at radius 2 is 1.70 bits per heavy atom. The number of hydrogen-bond donors (Lipinski definition) is 1. The maximum Gasteiger partial charge on any atom is 0.322 e. The second-order valence-corrected chi connectivity index (χ2v) is 8.57. The quantitative estimate of drug-likeness (QED) is 0.549. The van der Waals surface area contributed by atoms with Crippen LogP contribution >= 0.6 is 0 Å². The van der Waals surface area contributed by atoms with Crippen molar-refractivity contribution in [3.8, 4) is 23.0 Å². The Bertz CT molecular complexity index is 1090. The minimum Gasteiger partial charge on any atom is -0.497 e. The maximum absolute atomic E-state index is 12.2. The van der Waals surface area contributed by atoms with Crippen LogP contribution in [0.4, 0.5) is 6.01 Å². The molecule has 0 aliphatic rings. The van der Waals surface area contributed by atoms with Gasteiger partial charge >= 0.3 is 6.01 Å². The van der Waals surface area contributed by atoms with Crippen molar-refractivity contribution in [2.45, 2.75) is 12.2 Å². The average molecular weight is 431 g/mol. The Balaban J connectivity index is 1.60. The van der Waals surface area contributed by atoms with Crippen molar-refractivity contribution in [1.29, 1.82) is 0 Å². The lowest BCUT2D eigenvalue weighted by Gasteiger charge is -2.06. The van der Waals surface area contributed by atoms with Gasteiger partial charge in [-0.1, -0.05) is 35.4 Å². The number of anilines is 1. The summed E-state index contributed by atoms with van der Waals surface area (Å²) >= 11 is 0. The largest absolute Gasteiger partial charge is 0.497 e. The van der Waals surface area contributed by atoms with Gasteiger partial charge in [-0.15, -0.1) is 5.10 Å². The summed E-state index contributed by atoms with van der Waals surface area (Å²) in [5.41, 5.74) is 1.22. The fourth-order valence-corrected chi connectivity index (χ4v) is 3.99. The molecule has 0 fully saturated rings. The van der Waals surface area contributed by atoms with Crippen LogP contribution in [0.25, 0.3) is 11.5 Å². The second-order valence-electron chi connectivity index (χ2n) is 6.39.